The molecule has 2 N–H and O–H groups in total. The van der Waals surface area contributed by atoms with E-state index in [1.165, 1.54) is 4.90 Å². The van der Waals surface area contributed by atoms with E-state index in [1.54, 1.807) is 11.3 Å². The van der Waals surface area contributed by atoms with Crippen molar-refractivity contribution in [2.24, 2.45) is 17.3 Å². The largest absolute Gasteiger partial charge is 0.329 e. The molecular formula is C19H18N5S+. The highest BCUT2D eigenvalue weighted by atomic mass is 32.1. The van der Waals surface area contributed by atoms with Crippen LogP contribution in [0.3, 0.4) is 0 Å². The Bertz CT molecular complexity index is 864. The fourth-order valence-corrected chi connectivity index (χ4v) is 5.92. The molecule has 0 amide bonds. The van der Waals surface area contributed by atoms with Gasteiger partial charge in [-0.3, -0.25) is 0 Å². The van der Waals surface area contributed by atoms with Gasteiger partial charge in [0.2, 0.25) is 0 Å². The summed E-state index contributed by atoms with van der Waals surface area (Å²) in [5, 5.41) is 42.2. The van der Waals surface area contributed by atoms with Crippen LogP contribution >= 0.6 is 11.3 Å². The molecule has 2 fully saturated rings. The number of hydrogen-bond acceptors (Lipinski definition) is 5. The second kappa shape index (κ2) is 5.53. The Balaban J connectivity index is 1.99. The predicted octanol–water partition coefficient (Wildman–Crippen LogP) is 1.64. The third kappa shape index (κ3) is 1.91. The highest BCUT2D eigenvalue weighted by Crippen LogP contribution is 2.55. The Morgan fingerprint density at radius 3 is 2.64 bits per heavy atom. The van der Waals surface area contributed by atoms with Crippen molar-refractivity contribution in [3.05, 3.63) is 34.0 Å². The SMILES string of the molecule is C[NH+]1[C@H]2C=C3C(C#N)C(=N)C(C#N)(C#N)[C@@H](c4ccsc4)[C@H]3[C@@H]1CC2. The minimum Gasteiger partial charge on any atom is -0.329 e. The fourth-order valence-electron chi connectivity index (χ4n) is 5.22. The van der Waals surface area contributed by atoms with E-state index in [2.05, 4.69) is 31.3 Å². The number of fused-ring (bicyclic) bond motifs is 4. The normalized spacial score (nSPS) is 38.0. The van der Waals surface area contributed by atoms with E-state index in [0.717, 1.165) is 24.0 Å². The van der Waals surface area contributed by atoms with Crippen LogP contribution in [0.1, 0.15) is 24.3 Å². The van der Waals surface area contributed by atoms with E-state index in [1.807, 2.05) is 16.8 Å². The number of thiophene rings is 1. The standard InChI is InChI=1S/C19H17N5S/c1-24-12-2-3-15(24)16-13(6-12)14(7-20)18(23)19(9-21,10-22)17(16)11-4-5-25-8-11/h4-6,8,12,14-17,23H,2-3H2,1H3/p+1/t12-,14?,15+,16-,17+/m1/s1. The van der Waals surface area contributed by atoms with Gasteiger partial charge in [-0.15, -0.1) is 0 Å². The van der Waals surface area contributed by atoms with Crippen molar-refractivity contribution in [2.75, 3.05) is 7.05 Å². The van der Waals surface area contributed by atoms with Crippen molar-refractivity contribution in [1.82, 2.24) is 0 Å². The van der Waals surface area contributed by atoms with E-state index in [-0.39, 0.29) is 17.5 Å². The summed E-state index contributed by atoms with van der Waals surface area (Å²) < 4.78 is 0. The maximum atomic E-state index is 9.97. The maximum absolute atomic E-state index is 9.97. The molecular weight excluding hydrogens is 330 g/mol. The van der Waals surface area contributed by atoms with Gasteiger partial charge in [0.15, 0.2) is 5.41 Å². The Kier molecular flexibility index (Phi) is 3.55. The molecule has 1 saturated carbocycles. The minimum absolute atomic E-state index is 0.0357. The van der Waals surface area contributed by atoms with Crippen LogP contribution in [-0.2, 0) is 0 Å². The van der Waals surface area contributed by atoms with Crippen LogP contribution in [0.15, 0.2) is 28.5 Å². The van der Waals surface area contributed by atoms with Gasteiger partial charge in [0.1, 0.15) is 12.0 Å². The second-order valence-electron chi connectivity index (χ2n) is 7.27. The van der Waals surface area contributed by atoms with Crippen LogP contribution in [0.2, 0.25) is 0 Å². The minimum atomic E-state index is -1.57. The summed E-state index contributed by atoms with van der Waals surface area (Å²) in [6.07, 6.45) is 4.26. The monoisotopic (exact) mass is 348 g/mol. The van der Waals surface area contributed by atoms with Gasteiger partial charge in [0.25, 0.3) is 0 Å². The first-order chi connectivity index (χ1) is 12.1. The molecule has 1 aromatic rings. The third-order valence-corrected chi connectivity index (χ3v) is 7.13. The summed E-state index contributed by atoms with van der Waals surface area (Å²) >= 11 is 1.54. The quantitative estimate of drug-likeness (QED) is 0.755. The van der Waals surface area contributed by atoms with Gasteiger partial charge in [-0.1, -0.05) is 0 Å². The van der Waals surface area contributed by atoms with Crippen molar-refractivity contribution in [2.45, 2.75) is 30.8 Å². The van der Waals surface area contributed by atoms with Crippen LogP contribution in [0.25, 0.3) is 0 Å². The van der Waals surface area contributed by atoms with Crippen molar-refractivity contribution < 1.29 is 4.90 Å². The van der Waals surface area contributed by atoms with Gasteiger partial charge in [0.05, 0.1) is 37.0 Å². The van der Waals surface area contributed by atoms with Crippen LogP contribution < -0.4 is 4.90 Å². The van der Waals surface area contributed by atoms with Gasteiger partial charge in [-0.2, -0.15) is 27.1 Å². The molecule has 0 radical (unpaired) electrons. The van der Waals surface area contributed by atoms with Gasteiger partial charge < -0.3 is 10.3 Å². The van der Waals surface area contributed by atoms with E-state index in [4.69, 9.17) is 5.41 Å². The van der Waals surface area contributed by atoms with Gasteiger partial charge in [-0.25, -0.2) is 0 Å². The summed E-state index contributed by atoms with van der Waals surface area (Å²) in [6.45, 7) is 0. The highest BCUT2D eigenvalue weighted by molar-refractivity contribution is 7.08. The van der Waals surface area contributed by atoms with Crippen molar-refractivity contribution in [1.29, 1.82) is 21.2 Å². The molecule has 1 aromatic heterocycles. The van der Waals surface area contributed by atoms with Crippen LogP contribution in [0.5, 0.6) is 0 Å². The summed E-state index contributed by atoms with van der Waals surface area (Å²) in [5.41, 5.74) is 0.308. The van der Waals surface area contributed by atoms with E-state index < -0.39 is 11.3 Å². The molecule has 2 bridgehead atoms. The first-order valence-corrected chi connectivity index (χ1v) is 9.41. The molecule has 1 aliphatic carbocycles. The number of likely N-dealkylation sites (N-methyl/N-ethyl adjacent to an activating group) is 1. The molecule has 3 aliphatic rings. The number of nitriles is 3. The molecule has 0 spiro atoms. The van der Waals surface area contributed by atoms with E-state index in [9.17, 15) is 15.8 Å². The molecule has 124 valence electrons. The Morgan fingerprint density at radius 2 is 2.04 bits per heavy atom. The van der Waals surface area contributed by atoms with E-state index in [0.29, 0.717) is 12.1 Å². The van der Waals surface area contributed by atoms with Gasteiger partial charge in [0, 0.05) is 24.7 Å². The molecule has 0 aromatic carbocycles. The van der Waals surface area contributed by atoms with Crippen molar-refractivity contribution >= 4 is 17.0 Å². The zero-order valence-electron chi connectivity index (χ0n) is 13.9. The number of nitrogens with one attached hydrogen (secondary N) is 2. The molecule has 1 saturated heterocycles. The highest BCUT2D eigenvalue weighted by Gasteiger charge is 2.62. The van der Waals surface area contributed by atoms with Crippen molar-refractivity contribution in [3.8, 4) is 18.2 Å². The number of quaternary nitrogens is 1. The molecule has 3 heterocycles. The fraction of sp³-hybridized carbons (Fsp3) is 0.474. The summed E-state index contributed by atoms with van der Waals surface area (Å²) in [4.78, 5) is 1.41. The Labute approximate surface area is 150 Å². The Hall–Kier alpha value is -2.46. The first-order valence-electron chi connectivity index (χ1n) is 8.47. The zero-order chi connectivity index (χ0) is 17.8. The summed E-state index contributed by atoms with van der Waals surface area (Å²) in [6, 6.07) is 9.17. The molecule has 6 atom stereocenters. The molecule has 4 rings (SSSR count). The molecule has 2 aliphatic heterocycles. The lowest BCUT2D eigenvalue weighted by atomic mass is 9.53. The van der Waals surface area contributed by atoms with Crippen LogP contribution in [0, 0.1) is 56.7 Å². The van der Waals surface area contributed by atoms with Crippen LogP contribution in [-0.4, -0.2) is 24.8 Å². The summed E-state index contributed by atoms with van der Waals surface area (Å²) in [7, 11) is 2.17. The lowest BCUT2D eigenvalue weighted by Gasteiger charge is -2.48. The van der Waals surface area contributed by atoms with Gasteiger partial charge >= 0.3 is 0 Å². The lowest BCUT2D eigenvalue weighted by molar-refractivity contribution is -0.916. The first kappa shape index (κ1) is 16.0. The number of hydrogen-bond donors (Lipinski definition) is 2. The zero-order valence-corrected chi connectivity index (χ0v) is 14.7. The third-order valence-electron chi connectivity index (χ3n) is 6.43. The average molecular weight is 348 g/mol. The number of rotatable bonds is 1. The average Bonchev–Trinajstić information content (AvgIpc) is 3.21. The second-order valence-corrected chi connectivity index (χ2v) is 8.05. The van der Waals surface area contributed by atoms with E-state index >= 15 is 0 Å². The smallest absolute Gasteiger partial charge is 0.190 e. The maximum Gasteiger partial charge on any atom is 0.190 e. The number of nitrogens with zero attached hydrogens (tertiary/aromatic N) is 3. The van der Waals surface area contributed by atoms with Crippen LogP contribution in [0.4, 0.5) is 0 Å². The molecule has 2 unspecified atom stereocenters. The lowest BCUT2D eigenvalue weighted by Crippen LogP contribution is -3.15. The van der Waals surface area contributed by atoms with Gasteiger partial charge in [-0.05, 0) is 34.0 Å². The molecule has 5 nitrogen and oxygen atoms in total. The molecule has 25 heavy (non-hydrogen) atoms. The van der Waals surface area contributed by atoms with Crippen molar-refractivity contribution in [3.63, 3.8) is 0 Å². The Morgan fingerprint density at radius 1 is 1.28 bits per heavy atom. The summed E-state index contributed by atoms with van der Waals surface area (Å²) in [5.74, 6) is -1.17. The topological polar surface area (TPSA) is 99.7 Å². The molecule has 6 heteroatoms. The predicted molar refractivity (Wildman–Crippen MR) is 92.8 cm³/mol.